The van der Waals surface area contributed by atoms with Crippen LogP contribution in [0, 0.1) is 0 Å². The number of anilines is 1. The molecule has 12 heteroatoms. The Balaban J connectivity index is 1.48. The summed E-state index contributed by atoms with van der Waals surface area (Å²) in [5, 5.41) is 12.8. The number of thioether (sulfide) groups is 1. The fourth-order valence-electron chi connectivity index (χ4n) is 3.93. The summed E-state index contributed by atoms with van der Waals surface area (Å²) >= 11 is 19.2. The summed E-state index contributed by atoms with van der Waals surface area (Å²) in [7, 11) is 2.93. The van der Waals surface area contributed by atoms with Crippen LogP contribution in [0.5, 0.6) is 11.5 Å². The Hall–Kier alpha value is -3.57. The minimum Gasteiger partial charge on any atom is -0.496 e. The maximum Gasteiger partial charge on any atom is 0.335 e. The molecule has 0 atom stereocenters. The average molecular weight is 618 g/mol. The predicted molar refractivity (Wildman–Crippen MR) is 162 cm³/mol. The number of aromatic carboxylic acids is 1. The van der Waals surface area contributed by atoms with Gasteiger partial charge in [0.25, 0.3) is 5.91 Å². The summed E-state index contributed by atoms with van der Waals surface area (Å²) in [6.07, 6.45) is 1.68. The van der Waals surface area contributed by atoms with E-state index in [1.165, 1.54) is 30.2 Å². The normalized spacial score (nSPS) is 14.0. The summed E-state index contributed by atoms with van der Waals surface area (Å²) in [5.74, 6) is -1.02. The fourth-order valence-corrected chi connectivity index (χ4v) is 5.63. The van der Waals surface area contributed by atoms with E-state index >= 15 is 0 Å². The standard InChI is InChI=1S/C28H22Cl2N2O6S2/c1-37-22-8-3-15(11-19(22)18-14-17(29)5-6-20(18)30)12-24-26(34)32(28(39)40-24)10-9-25(33)31-21-7-4-16(27(35)36)13-23(21)38-2/h3-8,11-14H,9-10H2,1-2H3,(H,31,33)(H,35,36)/b24-12-. The number of benzene rings is 3. The Morgan fingerprint density at radius 1 is 1.02 bits per heavy atom. The van der Waals surface area contributed by atoms with Gasteiger partial charge in [0, 0.05) is 34.1 Å². The molecule has 206 valence electrons. The Morgan fingerprint density at radius 3 is 2.48 bits per heavy atom. The molecule has 0 unspecified atom stereocenters. The molecule has 8 nitrogen and oxygen atoms in total. The number of thiocarbonyl (C=S) groups is 1. The zero-order valence-corrected chi connectivity index (χ0v) is 24.3. The molecule has 2 amide bonds. The molecule has 3 aromatic rings. The highest BCUT2D eigenvalue weighted by molar-refractivity contribution is 8.26. The van der Waals surface area contributed by atoms with Crippen molar-refractivity contribution in [3.05, 3.63) is 80.7 Å². The average Bonchev–Trinajstić information content (AvgIpc) is 3.20. The monoisotopic (exact) mass is 616 g/mol. The first-order valence-electron chi connectivity index (χ1n) is 11.7. The summed E-state index contributed by atoms with van der Waals surface area (Å²) in [6, 6.07) is 14.7. The van der Waals surface area contributed by atoms with Gasteiger partial charge in [-0.2, -0.15) is 0 Å². The summed E-state index contributed by atoms with van der Waals surface area (Å²) in [5.41, 5.74) is 2.47. The van der Waals surface area contributed by atoms with Crippen LogP contribution in [-0.2, 0) is 9.59 Å². The van der Waals surface area contributed by atoms with E-state index in [2.05, 4.69) is 5.32 Å². The molecule has 40 heavy (non-hydrogen) atoms. The Bertz CT molecular complexity index is 1560. The van der Waals surface area contributed by atoms with Crippen molar-refractivity contribution in [3.63, 3.8) is 0 Å². The lowest BCUT2D eigenvalue weighted by Crippen LogP contribution is -2.31. The number of carboxylic acid groups (broad SMARTS) is 1. The number of hydrogen-bond acceptors (Lipinski definition) is 7. The van der Waals surface area contributed by atoms with Gasteiger partial charge in [0.1, 0.15) is 15.8 Å². The molecule has 3 aromatic carbocycles. The Kier molecular flexibility index (Phi) is 9.36. The molecular weight excluding hydrogens is 595 g/mol. The van der Waals surface area contributed by atoms with Gasteiger partial charge in [0.2, 0.25) is 5.91 Å². The number of carbonyl (C=O) groups excluding carboxylic acids is 2. The van der Waals surface area contributed by atoms with Crippen molar-refractivity contribution in [1.29, 1.82) is 0 Å². The lowest BCUT2D eigenvalue weighted by Gasteiger charge is -2.15. The van der Waals surface area contributed by atoms with E-state index in [4.69, 9.17) is 50.0 Å². The number of hydrogen-bond donors (Lipinski definition) is 2. The molecule has 1 saturated heterocycles. The number of ether oxygens (including phenoxy) is 2. The Morgan fingerprint density at radius 2 is 1.77 bits per heavy atom. The quantitative estimate of drug-likeness (QED) is 0.204. The van der Waals surface area contributed by atoms with Crippen molar-refractivity contribution in [2.45, 2.75) is 6.42 Å². The van der Waals surface area contributed by atoms with Crippen LogP contribution >= 0.6 is 47.2 Å². The molecular formula is C28H22Cl2N2O6S2. The summed E-state index contributed by atoms with van der Waals surface area (Å²) in [6.45, 7) is 0.0648. The number of halogens is 2. The number of carbonyl (C=O) groups is 3. The van der Waals surface area contributed by atoms with Crippen LogP contribution in [0.25, 0.3) is 17.2 Å². The number of amides is 2. The molecule has 0 saturated carbocycles. The van der Waals surface area contributed by atoms with Crippen molar-refractivity contribution < 1.29 is 29.0 Å². The fraction of sp³-hybridized carbons (Fsp3) is 0.143. The summed E-state index contributed by atoms with van der Waals surface area (Å²) in [4.78, 5) is 38.7. The molecule has 0 bridgehead atoms. The van der Waals surface area contributed by atoms with Crippen molar-refractivity contribution in [2.24, 2.45) is 0 Å². The van der Waals surface area contributed by atoms with E-state index in [9.17, 15) is 14.4 Å². The lowest BCUT2D eigenvalue weighted by molar-refractivity contribution is -0.122. The highest BCUT2D eigenvalue weighted by Crippen LogP contribution is 2.39. The van der Waals surface area contributed by atoms with Gasteiger partial charge >= 0.3 is 5.97 Å². The molecule has 0 radical (unpaired) electrons. The van der Waals surface area contributed by atoms with Crippen LogP contribution in [0.15, 0.2) is 59.5 Å². The SMILES string of the molecule is COc1cc(C(=O)O)ccc1NC(=O)CCN1C(=O)/C(=C/c2ccc(OC)c(-c3cc(Cl)ccc3Cl)c2)SC1=S. The molecule has 1 aliphatic heterocycles. The zero-order chi connectivity index (χ0) is 29.0. The first-order chi connectivity index (χ1) is 19.1. The summed E-state index contributed by atoms with van der Waals surface area (Å²) < 4.78 is 11.0. The van der Waals surface area contributed by atoms with Crippen LogP contribution < -0.4 is 14.8 Å². The molecule has 0 aromatic heterocycles. The van der Waals surface area contributed by atoms with Crippen LogP contribution in [0.1, 0.15) is 22.3 Å². The van der Waals surface area contributed by atoms with E-state index < -0.39 is 11.9 Å². The third-order valence-electron chi connectivity index (χ3n) is 5.90. The lowest BCUT2D eigenvalue weighted by atomic mass is 10.0. The molecule has 1 fully saturated rings. The molecule has 4 rings (SSSR count). The largest absolute Gasteiger partial charge is 0.496 e. The number of nitrogens with one attached hydrogen (secondary N) is 1. The second kappa shape index (κ2) is 12.7. The van der Waals surface area contributed by atoms with E-state index in [1.54, 1.807) is 37.5 Å². The maximum atomic E-state index is 13.1. The van der Waals surface area contributed by atoms with E-state index in [0.717, 1.165) is 17.3 Å². The number of nitrogens with zero attached hydrogens (tertiary/aromatic N) is 1. The minimum absolute atomic E-state index is 0.0267. The third kappa shape index (κ3) is 6.59. The first-order valence-corrected chi connectivity index (χ1v) is 13.7. The topological polar surface area (TPSA) is 105 Å². The van der Waals surface area contributed by atoms with Crippen molar-refractivity contribution >= 4 is 81.0 Å². The first kappa shape index (κ1) is 29.4. The van der Waals surface area contributed by atoms with Gasteiger partial charge < -0.3 is 19.9 Å². The zero-order valence-electron chi connectivity index (χ0n) is 21.2. The smallest absolute Gasteiger partial charge is 0.335 e. The third-order valence-corrected chi connectivity index (χ3v) is 7.84. The van der Waals surface area contributed by atoms with Gasteiger partial charge in [-0.3, -0.25) is 14.5 Å². The molecule has 1 aliphatic rings. The molecule has 0 spiro atoms. The van der Waals surface area contributed by atoms with Crippen LogP contribution in [0.4, 0.5) is 5.69 Å². The number of rotatable bonds is 9. The molecule has 0 aliphatic carbocycles. The second-order valence-electron chi connectivity index (χ2n) is 8.44. The van der Waals surface area contributed by atoms with Gasteiger partial charge in [-0.1, -0.05) is 53.2 Å². The highest BCUT2D eigenvalue weighted by Gasteiger charge is 2.32. The van der Waals surface area contributed by atoms with E-state index in [0.29, 0.717) is 41.8 Å². The maximum absolute atomic E-state index is 13.1. The van der Waals surface area contributed by atoms with Crippen LogP contribution in [0.3, 0.4) is 0 Å². The van der Waals surface area contributed by atoms with E-state index in [1.807, 2.05) is 12.1 Å². The van der Waals surface area contributed by atoms with Gasteiger partial charge in [0.15, 0.2) is 0 Å². The second-order valence-corrected chi connectivity index (χ2v) is 11.0. The number of methoxy groups -OCH3 is 2. The Labute approximate surface area is 249 Å². The molecule has 1 heterocycles. The highest BCUT2D eigenvalue weighted by atomic mass is 35.5. The van der Waals surface area contributed by atoms with Gasteiger partial charge in [0.05, 0.1) is 30.4 Å². The van der Waals surface area contributed by atoms with Crippen LogP contribution in [0.2, 0.25) is 10.0 Å². The molecule has 2 N–H and O–H groups in total. The van der Waals surface area contributed by atoms with Crippen molar-refractivity contribution in [1.82, 2.24) is 4.90 Å². The van der Waals surface area contributed by atoms with Gasteiger partial charge in [-0.05, 0) is 60.2 Å². The van der Waals surface area contributed by atoms with Crippen molar-refractivity contribution in [2.75, 3.05) is 26.1 Å². The minimum atomic E-state index is -1.11. The van der Waals surface area contributed by atoms with E-state index in [-0.39, 0.29) is 30.2 Å². The van der Waals surface area contributed by atoms with Gasteiger partial charge in [-0.25, -0.2) is 4.79 Å². The predicted octanol–water partition coefficient (Wildman–Crippen LogP) is 6.61. The van der Waals surface area contributed by atoms with Crippen molar-refractivity contribution in [3.8, 4) is 22.6 Å². The number of carboxylic acids is 1. The van der Waals surface area contributed by atoms with Gasteiger partial charge in [-0.15, -0.1) is 0 Å². The van der Waals surface area contributed by atoms with Crippen LogP contribution in [-0.4, -0.2) is 52.9 Å².